The SMILES string of the molecule is [CH2]c1ccc([CH]CCc2c[nH]c3ccc(-n4cnnc4)cc23)cc1. The summed E-state index contributed by atoms with van der Waals surface area (Å²) in [5, 5.41) is 9.00. The Hall–Kier alpha value is -2.88. The molecule has 118 valence electrons. The number of rotatable bonds is 5. The average Bonchev–Trinajstić information content (AvgIpc) is 3.26. The van der Waals surface area contributed by atoms with Crippen molar-refractivity contribution < 1.29 is 0 Å². The number of aryl methyl sites for hydroxylation is 1. The Morgan fingerprint density at radius 2 is 1.83 bits per heavy atom. The fourth-order valence-corrected chi connectivity index (χ4v) is 2.92. The van der Waals surface area contributed by atoms with Crippen LogP contribution in [-0.4, -0.2) is 19.7 Å². The van der Waals surface area contributed by atoms with Crippen molar-refractivity contribution in [2.45, 2.75) is 12.8 Å². The molecule has 0 spiro atoms. The summed E-state index contributed by atoms with van der Waals surface area (Å²) < 4.78 is 1.92. The van der Waals surface area contributed by atoms with Crippen molar-refractivity contribution in [3.63, 3.8) is 0 Å². The second-order valence-electron chi connectivity index (χ2n) is 5.90. The lowest BCUT2D eigenvalue weighted by Gasteiger charge is -2.04. The molecular formula is C20H18N4. The van der Waals surface area contributed by atoms with Gasteiger partial charge in [-0.2, -0.15) is 0 Å². The summed E-state index contributed by atoms with van der Waals surface area (Å²) in [5.74, 6) is 0. The van der Waals surface area contributed by atoms with E-state index in [0.717, 1.165) is 29.6 Å². The smallest absolute Gasteiger partial charge is 0.123 e. The first kappa shape index (κ1) is 14.7. The molecule has 4 rings (SSSR count). The first-order chi connectivity index (χ1) is 11.8. The molecule has 0 aliphatic carbocycles. The first-order valence-electron chi connectivity index (χ1n) is 8.00. The van der Waals surface area contributed by atoms with E-state index < -0.39 is 0 Å². The van der Waals surface area contributed by atoms with Crippen LogP contribution >= 0.6 is 0 Å². The molecule has 2 aromatic carbocycles. The summed E-state index contributed by atoms with van der Waals surface area (Å²) in [5.41, 5.74) is 5.84. The van der Waals surface area contributed by atoms with E-state index in [1.807, 2.05) is 16.7 Å². The molecule has 2 radical (unpaired) electrons. The second kappa shape index (κ2) is 6.32. The quantitative estimate of drug-likeness (QED) is 0.602. The maximum absolute atomic E-state index is 3.92. The van der Waals surface area contributed by atoms with Crippen molar-refractivity contribution in [1.29, 1.82) is 0 Å². The lowest BCUT2D eigenvalue weighted by atomic mass is 10.0. The van der Waals surface area contributed by atoms with E-state index in [1.54, 1.807) is 12.7 Å². The van der Waals surface area contributed by atoms with Gasteiger partial charge in [-0.3, -0.25) is 4.57 Å². The maximum Gasteiger partial charge on any atom is 0.123 e. The van der Waals surface area contributed by atoms with Gasteiger partial charge in [0.05, 0.1) is 0 Å². The number of nitrogens with one attached hydrogen (secondary N) is 1. The van der Waals surface area contributed by atoms with E-state index in [1.165, 1.54) is 16.5 Å². The Morgan fingerprint density at radius 1 is 1.04 bits per heavy atom. The van der Waals surface area contributed by atoms with Gasteiger partial charge in [-0.15, -0.1) is 10.2 Å². The number of aromatic amines is 1. The van der Waals surface area contributed by atoms with Gasteiger partial charge in [0.2, 0.25) is 0 Å². The Kier molecular flexibility index (Phi) is 3.87. The van der Waals surface area contributed by atoms with Gasteiger partial charge in [-0.1, -0.05) is 24.3 Å². The topological polar surface area (TPSA) is 46.5 Å². The third kappa shape index (κ3) is 2.95. The predicted octanol–water partition coefficient (Wildman–Crippen LogP) is 4.12. The molecule has 0 saturated carbocycles. The van der Waals surface area contributed by atoms with Gasteiger partial charge in [-0.05, 0) is 61.1 Å². The number of H-pyrrole nitrogens is 1. The van der Waals surface area contributed by atoms with E-state index in [0.29, 0.717) is 0 Å². The van der Waals surface area contributed by atoms with E-state index in [-0.39, 0.29) is 0 Å². The van der Waals surface area contributed by atoms with E-state index in [9.17, 15) is 0 Å². The van der Waals surface area contributed by atoms with Gasteiger partial charge in [0.15, 0.2) is 0 Å². The number of hydrogen-bond donors (Lipinski definition) is 1. The molecule has 0 saturated heterocycles. The summed E-state index contributed by atoms with van der Waals surface area (Å²) in [7, 11) is 0. The molecule has 0 unspecified atom stereocenters. The molecule has 4 heteroatoms. The van der Waals surface area contributed by atoms with Gasteiger partial charge < -0.3 is 4.98 Å². The summed E-state index contributed by atoms with van der Waals surface area (Å²) in [4.78, 5) is 3.35. The van der Waals surface area contributed by atoms with Crippen molar-refractivity contribution in [1.82, 2.24) is 19.7 Å². The van der Waals surface area contributed by atoms with Crippen LogP contribution < -0.4 is 0 Å². The zero-order chi connectivity index (χ0) is 16.4. The monoisotopic (exact) mass is 314 g/mol. The molecule has 2 heterocycles. The van der Waals surface area contributed by atoms with Crippen LogP contribution in [0.2, 0.25) is 0 Å². The minimum absolute atomic E-state index is 0.998. The summed E-state index contributed by atoms with van der Waals surface area (Å²) in [6, 6.07) is 14.7. The fourth-order valence-electron chi connectivity index (χ4n) is 2.92. The van der Waals surface area contributed by atoms with Crippen LogP contribution in [0, 0.1) is 13.3 Å². The Labute approximate surface area is 141 Å². The van der Waals surface area contributed by atoms with E-state index >= 15 is 0 Å². The molecule has 2 aromatic heterocycles. The number of nitrogens with zero attached hydrogens (tertiary/aromatic N) is 3. The Balaban J connectivity index is 1.51. The number of hydrogen-bond acceptors (Lipinski definition) is 2. The van der Waals surface area contributed by atoms with Crippen molar-refractivity contribution in [3.8, 4) is 5.69 Å². The zero-order valence-electron chi connectivity index (χ0n) is 13.3. The van der Waals surface area contributed by atoms with Gasteiger partial charge in [-0.25, -0.2) is 0 Å². The molecule has 0 bridgehead atoms. The normalized spacial score (nSPS) is 11.2. The van der Waals surface area contributed by atoms with Crippen LogP contribution in [-0.2, 0) is 6.42 Å². The third-order valence-corrected chi connectivity index (χ3v) is 4.24. The highest BCUT2D eigenvalue weighted by Crippen LogP contribution is 2.23. The van der Waals surface area contributed by atoms with Crippen molar-refractivity contribution >= 4 is 10.9 Å². The Morgan fingerprint density at radius 3 is 2.62 bits per heavy atom. The summed E-state index contributed by atoms with van der Waals surface area (Å²) >= 11 is 0. The lowest BCUT2D eigenvalue weighted by molar-refractivity contribution is 0.958. The van der Waals surface area contributed by atoms with E-state index in [2.05, 4.69) is 65.1 Å². The van der Waals surface area contributed by atoms with Crippen molar-refractivity contribution in [2.24, 2.45) is 0 Å². The molecule has 1 N–H and O–H groups in total. The highest BCUT2D eigenvalue weighted by atomic mass is 15.2. The molecule has 0 amide bonds. The summed E-state index contributed by atoms with van der Waals surface area (Å²) in [6.45, 7) is 3.92. The van der Waals surface area contributed by atoms with Gasteiger partial charge in [0.25, 0.3) is 0 Å². The van der Waals surface area contributed by atoms with Crippen LogP contribution in [0.1, 0.15) is 23.1 Å². The average molecular weight is 314 g/mol. The highest BCUT2D eigenvalue weighted by Gasteiger charge is 2.06. The minimum atomic E-state index is 0.998. The van der Waals surface area contributed by atoms with Gasteiger partial charge in [0, 0.05) is 22.8 Å². The predicted molar refractivity (Wildman–Crippen MR) is 95.8 cm³/mol. The molecule has 24 heavy (non-hydrogen) atoms. The van der Waals surface area contributed by atoms with Gasteiger partial charge in [0.1, 0.15) is 12.7 Å². The standard InChI is InChI=1S/C20H18N4/c1-15-5-7-16(8-6-15)3-2-4-17-12-21-20-10-9-18(11-19(17)20)24-13-22-23-14-24/h3,5-14,21H,1-2,4H2. The lowest BCUT2D eigenvalue weighted by Crippen LogP contribution is -1.91. The molecule has 4 nitrogen and oxygen atoms in total. The first-order valence-corrected chi connectivity index (χ1v) is 8.00. The minimum Gasteiger partial charge on any atom is -0.361 e. The van der Waals surface area contributed by atoms with Gasteiger partial charge >= 0.3 is 0 Å². The zero-order valence-corrected chi connectivity index (χ0v) is 13.3. The van der Waals surface area contributed by atoms with Crippen LogP contribution in [0.25, 0.3) is 16.6 Å². The number of benzene rings is 2. The molecule has 0 atom stereocenters. The van der Waals surface area contributed by atoms with Crippen LogP contribution in [0.15, 0.2) is 61.3 Å². The molecule has 0 fully saturated rings. The number of fused-ring (bicyclic) bond motifs is 1. The molecular weight excluding hydrogens is 296 g/mol. The van der Waals surface area contributed by atoms with Crippen molar-refractivity contribution in [2.75, 3.05) is 0 Å². The Bertz CT molecular complexity index is 934. The van der Waals surface area contributed by atoms with E-state index in [4.69, 9.17) is 0 Å². The molecule has 0 aliphatic heterocycles. The fraction of sp³-hybridized carbons (Fsp3) is 0.100. The number of aromatic nitrogens is 4. The van der Waals surface area contributed by atoms with Crippen LogP contribution in [0.5, 0.6) is 0 Å². The maximum atomic E-state index is 3.92. The summed E-state index contributed by atoms with van der Waals surface area (Å²) in [6.07, 6.45) is 9.80. The largest absolute Gasteiger partial charge is 0.361 e. The third-order valence-electron chi connectivity index (χ3n) is 4.24. The van der Waals surface area contributed by atoms with Crippen LogP contribution in [0.3, 0.4) is 0 Å². The van der Waals surface area contributed by atoms with Crippen LogP contribution in [0.4, 0.5) is 0 Å². The second-order valence-corrected chi connectivity index (χ2v) is 5.90. The molecule has 4 aromatic rings. The highest BCUT2D eigenvalue weighted by molar-refractivity contribution is 5.85. The van der Waals surface area contributed by atoms with Crippen molar-refractivity contribution in [3.05, 3.63) is 91.4 Å². The molecule has 0 aliphatic rings.